The molecule has 1 saturated heterocycles. The molecule has 1 heterocycles. The van der Waals surface area contributed by atoms with Crippen LogP contribution in [0.4, 0.5) is 0 Å². The van der Waals surface area contributed by atoms with Crippen molar-refractivity contribution in [3.8, 4) is 0 Å². The van der Waals surface area contributed by atoms with Crippen molar-refractivity contribution in [3.63, 3.8) is 0 Å². The van der Waals surface area contributed by atoms with Crippen molar-refractivity contribution in [1.82, 2.24) is 10.2 Å². The van der Waals surface area contributed by atoms with Crippen molar-refractivity contribution < 1.29 is 4.79 Å². The Bertz CT molecular complexity index is 479. The Balaban J connectivity index is 1.82. The first-order valence-corrected chi connectivity index (χ1v) is 7.76. The van der Waals surface area contributed by atoms with E-state index in [1.165, 1.54) is 19.3 Å². The molecule has 0 bridgehead atoms. The third kappa shape index (κ3) is 4.37. The van der Waals surface area contributed by atoms with Gasteiger partial charge in [0.1, 0.15) is 0 Å². The van der Waals surface area contributed by atoms with Crippen LogP contribution in [0.5, 0.6) is 0 Å². The average molecular weight is 315 g/mol. The highest BCUT2D eigenvalue weighted by Crippen LogP contribution is 2.20. The number of rotatable bonds is 4. The molecule has 1 amide bonds. The molecule has 0 saturated carbocycles. The molecule has 20 heavy (non-hydrogen) atoms. The highest BCUT2D eigenvalue weighted by Gasteiger charge is 2.20. The second-order valence-corrected chi connectivity index (χ2v) is 6.17. The number of benzene rings is 1. The zero-order valence-corrected chi connectivity index (χ0v) is 13.2. The van der Waals surface area contributed by atoms with Crippen LogP contribution in [0.25, 0.3) is 0 Å². The van der Waals surface area contributed by atoms with E-state index in [-0.39, 0.29) is 5.91 Å². The number of piperidine rings is 1. The second-order valence-electron chi connectivity index (χ2n) is 5.33. The monoisotopic (exact) mass is 314 g/mol. The lowest BCUT2D eigenvalue weighted by atomic mass is 10.0. The predicted molar refractivity (Wildman–Crippen MR) is 83.2 cm³/mol. The molecular weight excluding hydrogens is 295 g/mol. The normalized spacial score (nSPS) is 19.9. The molecule has 0 unspecified atom stereocenters. The van der Waals surface area contributed by atoms with E-state index in [0.29, 0.717) is 29.2 Å². The zero-order chi connectivity index (χ0) is 14.5. The fourth-order valence-electron chi connectivity index (χ4n) is 2.49. The van der Waals surface area contributed by atoms with E-state index >= 15 is 0 Å². The van der Waals surface area contributed by atoms with Crippen molar-refractivity contribution in [2.24, 2.45) is 0 Å². The van der Waals surface area contributed by atoms with Gasteiger partial charge < -0.3 is 5.32 Å². The summed E-state index contributed by atoms with van der Waals surface area (Å²) >= 11 is 11.9. The van der Waals surface area contributed by atoms with Gasteiger partial charge in [-0.3, -0.25) is 9.69 Å². The third-order valence-corrected chi connectivity index (χ3v) is 4.37. The number of halogens is 2. The standard InChI is InChI=1S/C15H20Cl2N2O/c1-11-4-2-3-7-19(11)10-15(20)18-9-12-5-6-13(16)8-14(12)17/h5-6,8,11H,2-4,7,9-10H2,1H3,(H,18,20)/t11-/m0/s1. The molecule has 1 atom stereocenters. The summed E-state index contributed by atoms with van der Waals surface area (Å²) in [5.74, 6) is 0.0461. The smallest absolute Gasteiger partial charge is 0.234 e. The van der Waals surface area contributed by atoms with Gasteiger partial charge in [0.25, 0.3) is 0 Å². The summed E-state index contributed by atoms with van der Waals surface area (Å²) < 4.78 is 0. The summed E-state index contributed by atoms with van der Waals surface area (Å²) in [5.41, 5.74) is 0.885. The summed E-state index contributed by atoms with van der Waals surface area (Å²) in [6.07, 6.45) is 3.62. The first-order chi connectivity index (χ1) is 9.56. The van der Waals surface area contributed by atoms with E-state index in [1.54, 1.807) is 12.1 Å². The van der Waals surface area contributed by atoms with E-state index in [9.17, 15) is 4.79 Å². The van der Waals surface area contributed by atoms with Gasteiger partial charge in [-0.2, -0.15) is 0 Å². The molecule has 3 nitrogen and oxygen atoms in total. The van der Waals surface area contributed by atoms with Gasteiger partial charge in [0.2, 0.25) is 5.91 Å². The van der Waals surface area contributed by atoms with Gasteiger partial charge in [-0.1, -0.05) is 35.7 Å². The molecule has 1 aromatic carbocycles. The number of nitrogens with one attached hydrogen (secondary N) is 1. The Hall–Kier alpha value is -0.770. The number of hydrogen-bond donors (Lipinski definition) is 1. The fraction of sp³-hybridized carbons (Fsp3) is 0.533. The van der Waals surface area contributed by atoms with Crippen LogP contribution in [-0.4, -0.2) is 29.9 Å². The first-order valence-electron chi connectivity index (χ1n) is 7.01. The lowest BCUT2D eigenvalue weighted by Crippen LogP contribution is -2.44. The minimum atomic E-state index is 0.0461. The Morgan fingerprint density at radius 2 is 2.20 bits per heavy atom. The Kier molecular flexibility index (Phi) is 5.70. The molecule has 1 aromatic rings. The van der Waals surface area contributed by atoms with E-state index in [0.717, 1.165) is 12.1 Å². The summed E-state index contributed by atoms with van der Waals surface area (Å²) in [6.45, 7) is 4.10. The van der Waals surface area contributed by atoms with Crippen LogP contribution >= 0.6 is 23.2 Å². The van der Waals surface area contributed by atoms with Gasteiger partial charge in [-0.25, -0.2) is 0 Å². The number of likely N-dealkylation sites (tertiary alicyclic amines) is 1. The summed E-state index contributed by atoms with van der Waals surface area (Å²) in [7, 11) is 0. The number of hydrogen-bond acceptors (Lipinski definition) is 2. The van der Waals surface area contributed by atoms with Crippen molar-refractivity contribution in [2.45, 2.75) is 38.8 Å². The highest BCUT2D eigenvalue weighted by molar-refractivity contribution is 6.35. The van der Waals surface area contributed by atoms with Gasteiger partial charge >= 0.3 is 0 Å². The van der Waals surface area contributed by atoms with Gasteiger partial charge in [-0.15, -0.1) is 0 Å². The number of carbonyl (C=O) groups excluding carboxylic acids is 1. The maximum atomic E-state index is 12.0. The molecule has 1 N–H and O–H groups in total. The molecule has 0 aromatic heterocycles. The van der Waals surface area contributed by atoms with Crippen LogP contribution in [0.1, 0.15) is 31.7 Å². The average Bonchev–Trinajstić information content (AvgIpc) is 2.40. The van der Waals surface area contributed by atoms with Gasteiger partial charge in [0, 0.05) is 22.6 Å². The number of carbonyl (C=O) groups is 1. The van der Waals surface area contributed by atoms with Gasteiger partial charge in [-0.05, 0) is 44.0 Å². The minimum absolute atomic E-state index is 0.0461. The maximum Gasteiger partial charge on any atom is 0.234 e. The van der Waals surface area contributed by atoms with E-state index < -0.39 is 0 Å². The van der Waals surface area contributed by atoms with Crippen LogP contribution in [0.3, 0.4) is 0 Å². The Morgan fingerprint density at radius 1 is 1.40 bits per heavy atom. The SMILES string of the molecule is C[C@H]1CCCCN1CC(=O)NCc1ccc(Cl)cc1Cl. The van der Waals surface area contributed by atoms with Gasteiger partial charge in [0.15, 0.2) is 0 Å². The summed E-state index contributed by atoms with van der Waals surface area (Å²) in [4.78, 5) is 14.2. The van der Waals surface area contributed by atoms with Crippen LogP contribution in [-0.2, 0) is 11.3 Å². The van der Waals surface area contributed by atoms with Crippen molar-refractivity contribution in [2.75, 3.05) is 13.1 Å². The molecule has 1 aliphatic rings. The largest absolute Gasteiger partial charge is 0.351 e. The molecule has 1 fully saturated rings. The van der Waals surface area contributed by atoms with Crippen LogP contribution in [0.2, 0.25) is 10.0 Å². The summed E-state index contributed by atoms with van der Waals surface area (Å²) in [6, 6.07) is 5.81. The van der Waals surface area contributed by atoms with E-state index in [4.69, 9.17) is 23.2 Å². The predicted octanol–water partition coefficient (Wildman–Crippen LogP) is 3.48. The topological polar surface area (TPSA) is 32.3 Å². The minimum Gasteiger partial charge on any atom is -0.351 e. The van der Waals surface area contributed by atoms with Crippen LogP contribution in [0.15, 0.2) is 18.2 Å². The lowest BCUT2D eigenvalue weighted by molar-refractivity contribution is -0.123. The van der Waals surface area contributed by atoms with Crippen LogP contribution in [0, 0.1) is 0 Å². The second kappa shape index (κ2) is 7.30. The van der Waals surface area contributed by atoms with E-state index in [1.807, 2.05) is 6.07 Å². The molecule has 5 heteroatoms. The molecular formula is C15H20Cl2N2O. The molecule has 2 rings (SSSR count). The maximum absolute atomic E-state index is 12.0. The van der Waals surface area contributed by atoms with Crippen molar-refractivity contribution in [3.05, 3.63) is 33.8 Å². The molecule has 110 valence electrons. The quantitative estimate of drug-likeness (QED) is 0.922. The van der Waals surface area contributed by atoms with Crippen molar-refractivity contribution >= 4 is 29.1 Å². The van der Waals surface area contributed by atoms with E-state index in [2.05, 4.69) is 17.1 Å². The first kappa shape index (κ1) is 15.6. The van der Waals surface area contributed by atoms with Crippen LogP contribution < -0.4 is 5.32 Å². The number of nitrogens with zero attached hydrogens (tertiary/aromatic N) is 1. The highest BCUT2D eigenvalue weighted by atomic mass is 35.5. The Labute approximate surface area is 130 Å². The molecule has 0 spiro atoms. The number of amides is 1. The zero-order valence-electron chi connectivity index (χ0n) is 11.7. The molecule has 1 aliphatic heterocycles. The van der Waals surface area contributed by atoms with Gasteiger partial charge in [0.05, 0.1) is 6.54 Å². The van der Waals surface area contributed by atoms with Crippen molar-refractivity contribution in [1.29, 1.82) is 0 Å². The Morgan fingerprint density at radius 3 is 2.90 bits per heavy atom. The fourth-order valence-corrected chi connectivity index (χ4v) is 2.97. The summed E-state index contributed by atoms with van der Waals surface area (Å²) in [5, 5.41) is 4.11. The molecule has 0 radical (unpaired) electrons. The molecule has 0 aliphatic carbocycles. The lowest BCUT2D eigenvalue weighted by Gasteiger charge is -2.32. The third-order valence-electron chi connectivity index (χ3n) is 3.78.